The Morgan fingerprint density at radius 3 is 2.23 bits per heavy atom. The fraction of sp³-hybridized carbons (Fsp3) is 0.300. The van der Waals surface area contributed by atoms with Crippen molar-refractivity contribution in [3.8, 4) is 0 Å². The molecular weight excluding hydrogens is 403 g/mol. The number of amides is 1. The van der Waals surface area contributed by atoms with Crippen molar-refractivity contribution in [3.05, 3.63) is 75.3 Å². The summed E-state index contributed by atoms with van der Waals surface area (Å²) in [6.45, 7) is 1.91. The Morgan fingerprint density at radius 2 is 1.73 bits per heavy atom. The molecule has 10 heteroatoms. The van der Waals surface area contributed by atoms with Crippen LogP contribution in [0, 0.1) is 10.1 Å². The monoisotopic (exact) mass is 421 g/mol. The van der Waals surface area contributed by atoms with Crippen LogP contribution in [0.5, 0.6) is 0 Å². The summed E-state index contributed by atoms with van der Waals surface area (Å²) in [5.41, 5.74) is -2.36. The molecule has 7 nitrogen and oxygen atoms in total. The second kappa shape index (κ2) is 7.86. The maximum atomic E-state index is 13.3. The number of halogens is 3. The van der Waals surface area contributed by atoms with Gasteiger partial charge in [-0.2, -0.15) is 23.3 Å². The van der Waals surface area contributed by atoms with E-state index in [1.807, 2.05) is 6.92 Å². The first-order valence-corrected chi connectivity index (χ1v) is 9.07. The number of carbonyl (C=O) groups is 1. The zero-order valence-electron chi connectivity index (χ0n) is 15.9. The van der Waals surface area contributed by atoms with Gasteiger partial charge < -0.3 is 5.11 Å². The molecule has 0 aliphatic carbocycles. The number of hydrazone groups is 1. The number of carbonyl (C=O) groups excluding carboxylic acids is 1. The Bertz CT molecular complexity index is 988. The number of rotatable bonds is 5. The molecule has 0 saturated carbocycles. The van der Waals surface area contributed by atoms with E-state index in [2.05, 4.69) is 5.10 Å². The molecule has 0 radical (unpaired) electrons. The first-order valence-electron chi connectivity index (χ1n) is 9.07. The predicted octanol–water partition coefficient (Wildman–Crippen LogP) is 3.70. The van der Waals surface area contributed by atoms with Crippen LogP contribution in [0.15, 0.2) is 53.6 Å². The minimum atomic E-state index is -4.81. The molecule has 1 aliphatic heterocycles. The molecule has 2 aromatic carbocycles. The largest absolute Gasteiger partial charge is 0.431 e. The number of nitro groups is 1. The van der Waals surface area contributed by atoms with Gasteiger partial charge >= 0.3 is 6.18 Å². The Kier molecular flexibility index (Phi) is 5.62. The molecule has 0 spiro atoms. The summed E-state index contributed by atoms with van der Waals surface area (Å²) in [4.78, 5) is 22.9. The summed E-state index contributed by atoms with van der Waals surface area (Å²) in [5.74, 6) is -0.870. The lowest BCUT2D eigenvalue weighted by atomic mass is 9.95. The highest BCUT2D eigenvalue weighted by Crippen LogP contribution is 2.40. The van der Waals surface area contributed by atoms with Crippen molar-refractivity contribution in [2.75, 3.05) is 0 Å². The summed E-state index contributed by atoms with van der Waals surface area (Å²) >= 11 is 0. The summed E-state index contributed by atoms with van der Waals surface area (Å²) < 4.78 is 39.8. The van der Waals surface area contributed by atoms with E-state index < -0.39 is 34.9 Å². The highest BCUT2D eigenvalue weighted by molar-refractivity contribution is 5.95. The maximum absolute atomic E-state index is 13.3. The number of nitro benzene ring substituents is 1. The van der Waals surface area contributed by atoms with Crippen molar-refractivity contribution < 1.29 is 28.0 Å². The van der Waals surface area contributed by atoms with Crippen LogP contribution >= 0.6 is 0 Å². The van der Waals surface area contributed by atoms with Crippen LogP contribution in [0.25, 0.3) is 0 Å². The third kappa shape index (κ3) is 4.18. The van der Waals surface area contributed by atoms with E-state index in [1.165, 1.54) is 36.4 Å². The van der Waals surface area contributed by atoms with Gasteiger partial charge in [0.25, 0.3) is 5.69 Å². The molecule has 1 atom stereocenters. The number of aliphatic hydroxyl groups is 1. The van der Waals surface area contributed by atoms with Gasteiger partial charge in [0.05, 0.1) is 17.8 Å². The minimum absolute atomic E-state index is 0.111. The summed E-state index contributed by atoms with van der Waals surface area (Å²) in [5, 5.41) is 25.7. The molecule has 0 bridgehead atoms. The lowest BCUT2D eigenvalue weighted by Crippen LogP contribution is -2.44. The Hall–Kier alpha value is -3.27. The average molecular weight is 421 g/mol. The molecule has 0 aromatic heterocycles. The molecular formula is C20H18F3N3O4. The first-order chi connectivity index (χ1) is 14.0. The topological polar surface area (TPSA) is 96.0 Å². The fourth-order valence-corrected chi connectivity index (χ4v) is 3.18. The van der Waals surface area contributed by atoms with Gasteiger partial charge in [0.15, 0.2) is 5.72 Å². The number of alkyl halides is 3. The fourth-order valence-electron chi connectivity index (χ4n) is 3.18. The van der Waals surface area contributed by atoms with Crippen LogP contribution in [0.1, 0.15) is 30.0 Å². The van der Waals surface area contributed by atoms with Gasteiger partial charge in [-0.15, -0.1) is 0 Å². The molecule has 1 heterocycles. The SMILES string of the molecule is CCc1ccc([C@]2(O)CC(C(F)(F)F)=NN2C(=O)Cc2ccc([N+](=O)[O-])cc2)cc1. The van der Waals surface area contributed by atoms with E-state index in [4.69, 9.17) is 0 Å². The van der Waals surface area contributed by atoms with Crippen molar-refractivity contribution in [2.45, 2.75) is 38.1 Å². The van der Waals surface area contributed by atoms with E-state index in [9.17, 15) is 33.2 Å². The Labute approximate surface area is 169 Å². The second-order valence-electron chi connectivity index (χ2n) is 6.89. The highest BCUT2D eigenvalue weighted by Gasteiger charge is 2.52. The smallest absolute Gasteiger partial charge is 0.365 e. The van der Waals surface area contributed by atoms with Crippen molar-refractivity contribution in [2.24, 2.45) is 5.10 Å². The number of non-ortho nitro benzene ring substituents is 1. The normalized spacial score (nSPS) is 19.0. The van der Waals surface area contributed by atoms with E-state index >= 15 is 0 Å². The van der Waals surface area contributed by atoms with Gasteiger partial charge in [-0.1, -0.05) is 43.3 Å². The van der Waals surface area contributed by atoms with E-state index in [0.29, 0.717) is 17.0 Å². The summed E-state index contributed by atoms with van der Waals surface area (Å²) in [6.07, 6.45) is -5.39. The molecule has 1 N–H and O–H groups in total. The molecule has 0 unspecified atom stereocenters. The van der Waals surface area contributed by atoms with Gasteiger partial charge in [-0.05, 0) is 17.5 Å². The minimum Gasteiger partial charge on any atom is -0.365 e. The predicted molar refractivity (Wildman–Crippen MR) is 101 cm³/mol. The van der Waals surface area contributed by atoms with Crippen LogP contribution in [-0.2, 0) is 23.4 Å². The number of aryl methyl sites for hydroxylation is 1. The molecule has 2 aromatic rings. The molecule has 0 fully saturated rings. The van der Waals surface area contributed by atoms with Gasteiger partial charge in [0, 0.05) is 17.7 Å². The van der Waals surface area contributed by atoms with Gasteiger partial charge in [-0.25, -0.2) is 0 Å². The van der Waals surface area contributed by atoms with Gasteiger partial charge in [0.1, 0.15) is 5.71 Å². The molecule has 1 aliphatic rings. The van der Waals surface area contributed by atoms with Gasteiger partial charge in [0.2, 0.25) is 5.91 Å². The molecule has 158 valence electrons. The summed E-state index contributed by atoms with van der Waals surface area (Å²) in [7, 11) is 0. The van der Waals surface area contributed by atoms with Gasteiger partial charge in [-0.3, -0.25) is 14.9 Å². The third-order valence-electron chi connectivity index (χ3n) is 4.88. The number of nitrogens with zero attached hydrogens (tertiary/aromatic N) is 3. The first kappa shape index (κ1) is 21.4. The quantitative estimate of drug-likeness (QED) is 0.588. The Balaban J connectivity index is 1.92. The number of hydrogen-bond acceptors (Lipinski definition) is 5. The zero-order chi connectivity index (χ0) is 22.1. The summed E-state index contributed by atoms with van der Waals surface area (Å²) in [6, 6.07) is 11.3. The zero-order valence-corrected chi connectivity index (χ0v) is 15.9. The van der Waals surface area contributed by atoms with Crippen LogP contribution in [0.3, 0.4) is 0 Å². The maximum Gasteiger partial charge on any atom is 0.431 e. The van der Waals surface area contributed by atoms with Crippen molar-refractivity contribution >= 4 is 17.3 Å². The molecule has 30 heavy (non-hydrogen) atoms. The number of benzene rings is 2. The lowest BCUT2D eigenvalue weighted by molar-refractivity contribution is -0.384. The van der Waals surface area contributed by atoms with Crippen LogP contribution in [-0.4, -0.2) is 32.8 Å². The van der Waals surface area contributed by atoms with Crippen molar-refractivity contribution in [1.82, 2.24) is 5.01 Å². The molecule has 3 rings (SSSR count). The lowest BCUT2D eigenvalue weighted by Gasteiger charge is -2.31. The van der Waals surface area contributed by atoms with Crippen LogP contribution in [0.2, 0.25) is 0 Å². The number of hydrogen-bond donors (Lipinski definition) is 1. The van der Waals surface area contributed by atoms with Crippen LogP contribution in [0.4, 0.5) is 18.9 Å². The molecule has 1 amide bonds. The highest BCUT2D eigenvalue weighted by atomic mass is 19.4. The van der Waals surface area contributed by atoms with E-state index in [1.54, 1.807) is 12.1 Å². The average Bonchev–Trinajstić information content (AvgIpc) is 3.08. The standard InChI is InChI=1S/C20H18F3N3O4/c1-2-13-3-7-15(8-4-13)19(28)12-17(20(21,22)23)24-25(19)18(27)11-14-5-9-16(10-6-14)26(29)30/h3-10,28H,2,11-12H2,1H3/t19-/m1/s1. The second-order valence-corrected chi connectivity index (χ2v) is 6.89. The van der Waals surface area contributed by atoms with E-state index in [0.717, 1.165) is 5.56 Å². The molecule has 0 saturated heterocycles. The van der Waals surface area contributed by atoms with Crippen molar-refractivity contribution in [3.63, 3.8) is 0 Å². The third-order valence-corrected chi connectivity index (χ3v) is 4.88. The Morgan fingerprint density at radius 1 is 1.17 bits per heavy atom. The van der Waals surface area contributed by atoms with Crippen LogP contribution < -0.4 is 0 Å². The van der Waals surface area contributed by atoms with Crippen molar-refractivity contribution in [1.29, 1.82) is 0 Å². The van der Waals surface area contributed by atoms with E-state index in [-0.39, 0.29) is 17.7 Å².